The van der Waals surface area contributed by atoms with Gasteiger partial charge in [0, 0.05) is 6.42 Å². The van der Waals surface area contributed by atoms with Crippen LogP contribution in [0.2, 0.25) is 0 Å². The third kappa shape index (κ3) is 1.67. The number of nitrogens with zero attached hydrogens (tertiary/aromatic N) is 1. The number of phenols is 1. The predicted octanol–water partition coefficient (Wildman–Crippen LogP) is 1.86. The summed E-state index contributed by atoms with van der Waals surface area (Å²) in [5.41, 5.74) is 0.362. The molecule has 0 aromatic heterocycles. The summed E-state index contributed by atoms with van der Waals surface area (Å²) >= 11 is 0. The van der Waals surface area contributed by atoms with Crippen LogP contribution in [0, 0.1) is 11.3 Å². The van der Waals surface area contributed by atoms with Crippen molar-refractivity contribution in [1.82, 2.24) is 0 Å². The fourth-order valence-corrected chi connectivity index (χ4v) is 1.05. The molecule has 0 aliphatic rings. The Balaban J connectivity index is 3.25. The van der Waals surface area contributed by atoms with Gasteiger partial charge in [0.15, 0.2) is 5.78 Å². The number of ketones is 1. The minimum atomic E-state index is -0.211. The Morgan fingerprint density at radius 2 is 2.31 bits per heavy atom. The van der Waals surface area contributed by atoms with Crippen LogP contribution >= 0.6 is 0 Å². The lowest BCUT2D eigenvalue weighted by Crippen LogP contribution is -1.97. The molecule has 3 heteroatoms. The van der Waals surface area contributed by atoms with E-state index in [0.29, 0.717) is 6.42 Å². The summed E-state index contributed by atoms with van der Waals surface area (Å²) in [6, 6.07) is 6.39. The van der Waals surface area contributed by atoms with E-state index in [4.69, 9.17) is 5.26 Å². The maximum atomic E-state index is 11.2. The number of para-hydroxylation sites is 1. The molecule has 1 aromatic carbocycles. The average Bonchev–Trinajstić information content (AvgIpc) is 2.17. The van der Waals surface area contributed by atoms with Gasteiger partial charge in [0.05, 0.1) is 11.1 Å². The van der Waals surface area contributed by atoms with E-state index in [2.05, 4.69) is 0 Å². The van der Waals surface area contributed by atoms with Crippen molar-refractivity contribution in [3.05, 3.63) is 29.3 Å². The molecule has 0 amide bonds. The smallest absolute Gasteiger partial charge is 0.166 e. The van der Waals surface area contributed by atoms with Gasteiger partial charge < -0.3 is 5.11 Å². The largest absolute Gasteiger partial charge is 0.506 e. The minimum absolute atomic E-state index is 0.138. The van der Waals surface area contributed by atoms with Crippen LogP contribution < -0.4 is 0 Å². The molecule has 0 bridgehead atoms. The van der Waals surface area contributed by atoms with Crippen LogP contribution in [-0.2, 0) is 0 Å². The first-order chi connectivity index (χ1) is 6.20. The number of nitriles is 1. The van der Waals surface area contributed by atoms with E-state index < -0.39 is 0 Å². The van der Waals surface area contributed by atoms with E-state index >= 15 is 0 Å². The highest BCUT2D eigenvalue weighted by Crippen LogP contribution is 2.22. The normalized spacial score (nSPS) is 9.23. The minimum Gasteiger partial charge on any atom is -0.506 e. The van der Waals surface area contributed by atoms with E-state index in [9.17, 15) is 9.90 Å². The second-order valence-corrected chi connectivity index (χ2v) is 2.59. The second kappa shape index (κ2) is 3.72. The fourth-order valence-electron chi connectivity index (χ4n) is 1.05. The number of aromatic hydroxyl groups is 1. The quantitative estimate of drug-likeness (QED) is 0.698. The molecule has 0 saturated carbocycles. The van der Waals surface area contributed by atoms with Crippen molar-refractivity contribution in [2.75, 3.05) is 0 Å². The molecule has 0 radical (unpaired) electrons. The molecular weight excluding hydrogens is 166 g/mol. The maximum Gasteiger partial charge on any atom is 0.166 e. The number of carbonyl (C=O) groups is 1. The number of hydrogen-bond acceptors (Lipinski definition) is 3. The zero-order valence-electron chi connectivity index (χ0n) is 7.24. The van der Waals surface area contributed by atoms with Gasteiger partial charge in [-0.3, -0.25) is 4.79 Å². The van der Waals surface area contributed by atoms with Gasteiger partial charge in [-0.15, -0.1) is 0 Å². The summed E-state index contributed by atoms with van der Waals surface area (Å²) in [5, 5.41) is 18.0. The molecule has 0 fully saturated rings. The summed E-state index contributed by atoms with van der Waals surface area (Å²) < 4.78 is 0. The molecule has 66 valence electrons. The van der Waals surface area contributed by atoms with Gasteiger partial charge in [0.2, 0.25) is 0 Å². The van der Waals surface area contributed by atoms with E-state index in [1.54, 1.807) is 13.0 Å². The van der Waals surface area contributed by atoms with Crippen molar-refractivity contribution in [2.45, 2.75) is 13.3 Å². The van der Waals surface area contributed by atoms with Gasteiger partial charge in [-0.25, -0.2) is 0 Å². The molecule has 0 spiro atoms. The molecule has 0 heterocycles. The van der Waals surface area contributed by atoms with Gasteiger partial charge in [0.1, 0.15) is 11.8 Å². The molecule has 1 aromatic rings. The van der Waals surface area contributed by atoms with Crippen molar-refractivity contribution in [3.63, 3.8) is 0 Å². The van der Waals surface area contributed by atoms with Crippen LogP contribution in [0.5, 0.6) is 5.75 Å². The summed E-state index contributed by atoms with van der Waals surface area (Å²) in [4.78, 5) is 11.2. The number of carbonyl (C=O) groups excluding carboxylic acids is 1. The van der Waals surface area contributed by atoms with E-state index in [0.717, 1.165) is 0 Å². The Morgan fingerprint density at radius 3 is 2.85 bits per heavy atom. The lowest BCUT2D eigenvalue weighted by atomic mass is 10.0. The van der Waals surface area contributed by atoms with E-state index in [1.165, 1.54) is 12.1 Å². The third-order valence-corrected chi connectivity index (χ3v) is 1.78. The fraction of sp³-hybridized carbons (Fsp3) is 0.200. The average molecular weight is 175 g/mol. The Morgan fingerprint density at radius 1 is 1.62 bits per heavy atom. The number of benzene rings is 1. The van der Waals surface area contributed by atoms with Crippen molar-refractivity contribution >= 4 is 5.78 Å². The standard InChI is InChI=1S/C10H9NO2/c1-2-9(12)8-5-3-4-7(6-11)10(8)13/h3-5,13H,2H2,1H3. The number of phenolic OH excluding ortho intramolecular Hbond substituents is 1. The molecule has 0 aliphatic heterocycles. The number of Topliss-reactive ketones (excluding diaryl/α,β-unsaturated/α-hetero) is 1. The van der Waals surface area contributed by atoms with Gasteiger partial charge in [-0.2, -0.15) is 5.26 Å². The number of hydrogen-bond donors (Lipinski definition) is 1. The second-order valence-electron chi connectivity index (χ2n) is 2.59. The van der Waals surface area contributed by atoms with Crippen molar-refractivity contribution < 1.29 is 9.90 Å². The van der Waals surface area contributed by atoms with Gasteiger partial charge in [-0.05, 0) is 12.1 Å². The molecule has 0 atom stereocenters. The highest BCUT2D eigenvalue weighted by molar-refractivity contribution is 5.98. The van der Waals surface area contributed by atoms with E-state index in [-0.39, 0.29) is 22.7 Å². The maximum absolute atomic E-state index is 11.2. The third-order valence-electron chi connectivity index (χ3n) is 1.78. The van der Waals surface area contributed by atoms with Crippen molar-refractivity contribution in [2.24, 2.45) is 0 Å². The molecule has 3 nitrogen and oxygen atoms in total. The monoisotopic (exact) mass is 175 g/mol. The SMILES string of the molecule is CCC(=O)c1cccc(C#N)c1O. The van der Waals surface area contributed by atoms with Crippen molar-refractivity contribution in [3.8, 4) is 11.8 Å². The molecular formula is C10H9NO2. The van der Waals surface area contributed by atoms with Crippen LogP contribution in [-0.4, -0.2) is 10.9 Å². The van der Waals surface area contributed by atoms with Crippen LogP contribution in [0.15, 0.2) is 18.2 Å². The Hall–Kier alpha value is -1.82. The molecule has 1 N–H and O–H groups in total. The Labute approximate surface area is 76.2 Å². The van der Waals surface area contributed by atoms with Crippen LogP contribution in [0.1, 0.15) is 29.3 Å². The molecule has 13 heavy (non-hydrogen) atoms. The first-order valence-electron chi connectivity index (χ1n) is 3.96. The molecule has 0 saturated heterocycles. The molecule has 0 aliphatic carbocycles. The topological polar surface area (TPSA) is 61.1 Å². The molecule has 1 rings (SSSR count). The Bertz CT molecular complexity index is 377. The van der Waals surface area contributed by atoms with Crippen LogP contribution in [0.25, 0.3) is 0 Å². The van der Waals surface area contributed by atoms with Crippen LogP contribution in [0.3, 0.4) is 0 Å². The van der Waals surface area contributed by atoms with Crippen molar-refractivity contribution in [1.29, 1.82) is 5.26 Å². The van der Waals surface area contributed by atoms with Crippen LogP contribution in [0.4, 0.5) is 0 Å². The zero-order valence-corrected chi connectivity index (χ0v) is 7.24. The summed E-state index contributed by atoms with van der Waals surface area (Å²) in [6.45, 7) is 1.71. The highest BCUT2D eigenvalue weighted by Gasteiger charge is 2.11. The van der Waals surface area contributed by atoms with Gasteiger partial charge in [0.25, 0.3) is 0 Å². The zero-order chi connectivity index (χ0) is 9.84. The summed E-state index contributed by atoms with van der Waals surface area (Å²) in [5.74, 6) is -0.369. The summed E-state index contributed by atoms with van der Waals surface area (Å²) in [6.07, 6.45) is 0.322. The van der Waals surface area contributed by atoms with Gasteiger partial charge in [-0.1, -0.05) is 13.0 Å². The summed E-state index contributed by atoms with van der Waals surface area (Å²) in [7, 11) is 0. The lowest BCUT2D eigenvalue weighted by molar-refractivity contribution is 0.0985. The molecule has 0 unspecified atom stereocenters. The first-order valence-corrected chi connectivity index (χ1v) is 3.96. The van der Waals surface area contributed by atoms with Gasteiger partial charge >= 0.3 is 0 Å². The lowest BCUT2D eigenvalue weighted by Gasteiger charge is -2.02. The highest BCUT2D eigenvalue weighted by atomic mass is 16.3. The predicted molar refractivity (Wildman–Crippen MR) is 47.4 cm³/mol. The number of rotatable bonds is 2. The first kappa shape index (κ1) is 9.27. The Kier molecular flexibility index (Phi) is 2.65. The van der Waals surface area contributed by atoms with E-state index in [1.807, 2.05) is 6.07 Å².